The Labute approximate surface area is 110 Å². The van der Waals surface area contributed by atoms with Gasteiger partial charge in [0.25, 0.3) is 5.56 Å². The minimum absolute atomic E-state index is 0.0472. The summed E-state index contributed by atoms with van der Waals surface area (Å²) >= 11 is 1.57. The Morgan fingerprint density at radius 2 is 2.22 bits per heavy atom. The zero-order valence-electron chi connectivity index (χ0n) is 10.9. The van der Waals surface area contributed by atoms with Crippen LogP contribution in [0.15, 0.2) is 16.9 Å². The second kappa shape index (κ2) is 5.04. The van der Waals surface area contributed by atoms with Crippen molar-refractivity contribution in [1.82, 2.24) is 15.3 Å². The zero-order chi connectivity index (χ0) is 13.3. The van der Waals surface area contributed by atoms with Gasteiger partial charge in [-0.25, -0.2) is 4.98 Å². The maximum Gasteiger partial charge on any atom is 0.259 e. The van der Waals surface area contributed by atoms with Crippen LogP contribution in [-0.2, 0) is 6.54 Å². The number of fused-ring (bicyclic) bond motifs is 1. The highest BCUT2D eigenvalue weighted by Crippen LogP contribution is 2.25. The summed E-state index contributed by atoms with van der Waals surface area (Å²) in [5.41, 5.74) is 2.04. The first kappa shape index (κ1) is 13.0. The molecule has 0 radical (unpaired) electrons. The molecule has 2 N–H and O–H groups in total. The second-order valence-electron chi connectivity index (χ2n) is 4.54. The normalized spacial score (nSPS) is 11.1. The van der Waals surface area contributed by atoms with Gasteiger partial charge in [-0.05, 0) is 26.3 Å². The van der Waals surface area contributed by atoms with E-state index in [-0.39, 0.29) is 5.56 Å². The Morgan fingerprint density at radius 3 is 2.89 bits per heavy atom. The van der Waals surface area contributed by atoms with Crippen LogP contribution in [0.3, 0.4) is 0 Å². The predicted molar refractivity (Wildman–Crippen MR) is 76.2 cm³/mol. The maximum atomic E-state index is 12.0. The molecule has 5 heteroatoms. The molecule has 0 fully saturated rings. The monoisotopic (exact) mass is 263 g/mol. The summed E-state index contributed by atoms with van der Waals surface area (Å²) in [4.78, 5) is 21.3. The Hall–Kier alpha value is -1.46. The quantitative estimate of drug-likeness (QED) is 0.832. The van der Waals surface area contributed by atoms with Gasteiger partial charge in [-0.1, -0.05) is 12.2 Å². The third-order valence-corrected chi connectivity index (χ3v) is 3.91. The maximum absolute atomic E-state index is 12.0. The van der Waals surface area contributed by atoms with E-state index in [2.05, 4.69) is 21.9 Å². The fourth-order valence-corrected chi connectivity index (χ4v) is 2.83. The van der Waals surface area contributed by atoms with Crippen molar-refractivity contribution in [3.8, 4) is 0 Å². The van der Waals surface area contributed by atoms with E-state index >= 15 is 0 Å². The van der Waals surface area contributed by atoms with E-state index < -0.39 is 0 Å². The first-order valence-electron chi connectivity index (χ1n) is 5.83. The van der Waals surface area contributed by atoms with Crippen LogP contribution in [0.4, 0.5) is 0 Å². The van der Waals surface area contributed by atoms with Crippen LogP contribution in [-0.4, -0.2) is 16.5 Å². The number of H-pyrrole nitrogens is 1. The van der Waals surface area contributed by atoms with E-state index in [1.54, 1.807) is 11.3 Å². The highest BCUT2D eigenvalue weighted by Gasteiger charge is 2.11. The lowest BCUT2D eigenvalue weighted by molar-refractivity contribution is 0.703. The van der Waals surface area contributed by atoms with Crippen LogP contribution in [0.2, 0.25) is 0 Å². The van der Waals surface area contributed by atoms with Crippen molar-refractivity contribution in [2.75, 3.05) is 6.54 Å². The molecule has 4 nitrogen and oxygen atoms in total. The van der Waals surface area contributed by atoms with Crippen molar-refractivity contribution in [2.45, 2.75) is 27.3 Å². The van der Waals surface area contributed by atoms with Crippen LogP contribution in [0.1, 0.15) is 23.2 Å². The summed E-state index contributed by atoms with van der Waals surface area (Å²) in [6.07, 6.45) is 0. The molecule has 0 aliphatic carbocycles. The summed E-state index contributed by atoms with van der Waals surface area (Å²) in [5.74, 6) is 0.676. The van der Waals surface area contributed by atoms with Crippen molar-refractivity contribution in [1.29, 1.82) is 0 Å². The number of aromatic amines is 1. The summed E-state index contributed by atoms with van der Waals surface area (Å²) in [6.45, 7) is 11.0. The van der Waals surface area contributed by atoms with E-state index in [4.69, 9.17) is 0 Å². The SMILES string of the molecule is C=C(C)CNCc1nc2sc(C)c(C)c2c(=O)[nH]1. The fraction of sp³-hybridized carbons (Fsp3) is 0.385. The summed E-state index contributed by atoms with van der Waals surface area (Å²) in [5, 5.41) is 3.91. The van der Waals surface area contributed by atoms with Crippen molar-refractivity contribution >= 4 is 21.6 Å². The summed E-state index contributed by atoms with van der Waals surface area (Å²) < 4.78 is 0. The van der Waals surface area contributed by atoms with Crippen LogP contribution < -0.4 is 10.9 Å². The molecule has 0 aliphatic rings. The zero-order valence-corrected chi connectivity index (χ0v) is 11.7. The summed E-state index contributed by atoms with van der Waals surface area (Å²) in [7, 11) is 0. The molecule has 2 aromatic rings. The van der Waals surface area contributed by atoms with Gasteiger partial charge in [-0.3, -0.25) is 4.79 Å². The van der Waals surface area contributed by atoms with Crippen LogP contribution in [0.5, 0.6) is 0 Å². The van der Waals surface area contributed by atoms with Gasteiger partial charge < -0.3 is 10.3 Å². The van der Waals surface area contributed by atoms with Gasteiger partial charge in [0.05, 0.1) is 11.9 Å². The van der Waals surface area contributed by atoms with Crippen LogP contribution >= 0.6 is 11.3 Å². The number of nitrogens with zero attached hydrogens (tertiary/aromatic N) is 1. The largest absolute Gasteiger partial charge is 0.309 e. The number of hydrogen-bond acceptors (Lipinski definition) is 4. The van der Waals surface area contributed by atoms with E-state index in [9.17, 15) is 4.79 Å². The minimum atomic E-state index is -0.0472. The molecule has 18 heavy (non-hydrogen) atoms. The Bertz CT molecular complexity index is 654. The standard InChI is InChI=1S/C13H17N3OS/c1-7(2)5-14-6-10-15-12(17)11-8(3)9(4)18-13(11)16-10/h14H,1,5-6H2,2-4H3,(H,15,16,17). The van der Waals surface area contributed by atoms with Gasteiger partial charge >= 0.3 is 0 Å². The molecule has 96 valence electrons. The van der Waals surface area contributed by atoms with E-state index in [1.807, 2.05) is 20.8 Å². The van der Waals surface area contributed by atoms with Crippen LogP contribution in [0.25, 0.3) is 10.2 Å². The van der Waals surface area contributed by atoms with Crippen molar-refractivity contribution in [3.63, 3.8) is 0 Å². The number of rotatable bonds is 4. The van der Waals surface area contributed by atoms with Gasteiger partial charge in [0.2, 0.25) is 0 Å². The van der Waals surface area contributed by atoms with Gasteiger partial charge in [0, 0.05) is 11.4 Å². The molecule has 2 rings (SSSR count). The molecule has 2 heterocycles. The third kappa shape index (κ3) is 2.52. The van der Waals surface area contributed by atoms with Crippen molar-refractivity contribution < 1.29 is 0 Å². The van der Waals surface area contributed by atoms with Gasteiger partial charge in [0.1, 0.15) is 10.7 Å². The third-order valence-electron chi connectivity index (χ3n) is 2.81. The first-order valence-corrected chi connectivity index (χ1v) is 6.64. The first-order chi connectivity index (χ1) is 8.49. The molecular weight excluding hydrogens is 246 g/mol. The lowest BCUT2D eigenvalue weighted by Crippen LogP contribution is -2.20. The minimum Gasteiger partial charge on any atom is -0.309 e. The lowest BCUT2D eigenvalue weighted by Gasteiger charge is -2.03. The van der Waals surface area contributed by atoms with Gasteiger partial charge in [0.15, 0.2) is 0 Å². The molecule has 0 unspecified atom stereocenters. The fourth-order valence-electron chi connectivity index (χ4n) is 1.78. The molecule has 0 aliphatic heterocycles. The highest BCUT2D eigenvalue weighted by molar-refractivity contribution is 7.18. The molecule has 2 aromatic heterocycles. The van der Waals surface area contributed by atoms with Gasteiger partial charge in [-0.2, -0.15) is 0 Å². The molecule has 0 aromatic carbocycles. The van der Waals surface area contributed by atoms with E-state index in [0.717, 1.165) is 32.8 Å². The molecule has 0 spiro atoms. The van der Waals surface area contributed by atoms with Crippen molar-refractivity contribution in [2.24, 2.45) is 0 Å². The number of hydrogen-bond donors (Lipinski definition) is 2. The average molecular weight is 263 g/mol. The summed E-state index contributed by atoms with van der Waals surface area (Å²) in [6, 6.07) is 0. The lowest BCUT2D eigenvalue weighted by atomic mass is 10.2. The second-order valence-corrected chi connectivity index (χ2v) is 5.74. The predicted octanol–water partition coefficient (Wildman–Crippen LogP) is 2.27. The van der Waals surface area contributed by atoms with Crippen LogP contribution in [0, 0.1) is 13.8 Å². The molecule has 0 amide bonds. The average Bonchev–Trinajstić information content (AvgIpc) is 2.54. The number of nitrogens with one attached hydrogen (secondary N) is 2. The Balaban J connectivity index is 2.32. The molecule has 0 saturated carbocycles. The molecule has 0 saturated heterocycles. The highest BCUT2D eigenvalue weighted by atomic mass is 32.1. The molecule has 0 bridgehead atoms. The van der Waals surface area contributed by atoms with E-state index in [0.29, 0.717) is 12.4 Å². The van der Waals surface area contributed by atoms with Gasteiger partial charge in [-0.15, -0.1) is 11.3 Å². The Morgan fingerprint density at radius 1 is 1.50 bits per heavy atom. The number of aryl methyl sites for hydroxylation is 2. The van der Waals surface area contributed by atoms with Crippen molar-refractivity contribution in [3.05, 3.63) is 38.8 Å². The number of aromatic nitrogens is 2. The topological polar surface area (TPSA) is 57.8 Å². The molecule has 0 atom stereocenters. The van der Waals surface area contributed by atoms with E-state index in [1.165, 1.54) is 0 Å². The smallest absolute Gasteiger partial charge is 0.259 e. The number of thiophene rings is 1. The Kier molecular flexibility index (Phi) is 3.63. The molecular formula is C13H17N3OS.